The van der Waals surface area contributed by atoms with Crippen molar-refractivity contribution in [3.63, 3.8) is 0 Å². The molecule has 0 aromatic heterocycles. The fourth-order valence-electron chi connectivity index (χ4n) is 1.50. The SMILES string of the molecule is CNC(C)C(C)Cc1ccc(F)c(Cl)c1. The fourth-order valence-corrected chi connectivity index (χ4v) is 1.70. The average Bonchev–Trinajstić information content (AvgIpc) is 2.22. The van der Waals surface area contributed by atoms with Crippen molar-refractivity contribution < 1.29 is 4.39 Å². The summed E-state index contributed by atoms with van der Waals surface area (Å²) >= 11 is 5.72. The van der Waals surface area contributed by atoms with Gasteiger partial charge in [-0.05, 0) is 44.0 Å². The highest BCUT2D eigenvalue weighted by Gasteiger charge is 2.11. The monoisotopic (exact) mass is 229 g/mol. The fraction of sp³-hybridized carbons (Fsp3) is 0.500. The Morgan fingerprint density at radius 2 is 2.07 bits per heavy atom. The topological polar surface area (TPSA) is 12.0 Å². The van der Waals surface area contributed by atoms with Crippen molar-refractivity contribution >= 4 is 11.6 Å². The van der Waals surface area contributed by atoms with E-state index in [1.54, 1.807) is 12.1 Å². The first-order valence-corrected chi connectivity index (χ1v) is 5.53. The van der Waals surface area contributed by atoms with Gasteiger partial charge in [0.25, 0.3) is 0 Å². The summed E-state index contributed by atoms with van der Waals surface area (Å²) < 4.78 is 12.9. The summed E-state index contributed by atoms with van der Waals surface area (Å²) in [6, 6.07) is 5.36. The van der Waals surface area contributed by atoms with Crippen LogP contribution in [0.3, 0.4) is 0 Å². The maximum atomic E-state index is 12.9. The summed E-state index contributed by atoms with van der Waals surface area (Å²) in [5.74, 6) is 0.145. The molecular formula is C12H17ClFN. The van der Waals surface area contributed by atoms with Crippen LogP contribution in [0.4, 0.5) is 4.39 Å². The van der Waals surface area contributed by atoms with E-state index in [0.29, 0.717) is 12.0 Å². The third-order valence-corrected chi connectivity index (χ3v) is 3.14. The molecule has 0 spiro atoms. The van der Waals surface area contributed by atoms with Crippen LogP contribution in [0, 0.1) is 11.7 Å². The second-order valence-corrected chi connectivity index (χ2v) is 4.41. The Bertz CT molecular complexity index is 327. The smallest absolute Gasteiger partial charge is 0.141 e. The Balaban J connectivity index is 2.68. The summed E-state index contributed by atoms with van der Waals surface area (Å²) in [6.07, 6.45) is 0.905. The molecule has 0 amide bonds. The first-order valence-electron chi connectivity index (χ1n) is 5.15. The Labute approximate surface area is 95.6 Å². The van der Waals surface area contributed by atoms with Crippen LogP contribution >= 0.6 is 11.6 Å². The van der Waals surface area contributed by atoms with Gasteiger partial charge in [0.2, 0.25) is 0 Å². The molecule has 0 aliphatic rings. The molecular weight excluding hydrogens is 213 g/mol. The molecule has 15 heavy (non-hydrogen) atoms. The second kappa shape index (κ2) is 5.47. The minimum absolute atomic E-state index is 0.205. The summed E-state index contributed by atoms with van der Waals surface area (Å²) in [5, 5.41) is 3.41. The number of hydrogen-bond acceptors (Lipinski definition) is 1. The molecule has 0 aliphatic carbocycles. The second-order valence-electron chi connectivity index (χ2n) is 4.01. The van der Waals surface area contributed by atoms with Crippen molar-refractivity contribution in [1.29, 1.82) is 0 Å². The molecule has 0 aliphatic heterocycles. The molecule has 0 heterocycles. The van der Waals surface area contributed by atoms with Gasteiger partial charge in [-0.25, -0.2) is 4.39 Å². The third-order valence-electron chi connectivity index (χ3n) is 2.85. The summed E-state index contributed by atoms with van der Waals surface area (Å²) in [4.78, 5) is 0. The standard InChI is InChI=1S/C12H17ClFN/c1-8(9(2)15-3)6-10-4-5-12(14)11(13)7-10/h4-5,7-9,15H,6H2,1-3H3. The van der Waals surface area contributed by atoms with E-state index in [9.17, 15) is 4.39 Å². The average molecular weight is 230 g/mol. The van der Waals surface area contributed by atoms with Gasteiger partial charge in [-0.3, -0.25) is 0 Å². The third kappa shape index (κ3) is 3.47. The van der Waals surface area contributed by atoms with E-state index >= 15 is 0 Å². The van der Waals surface area contributed by atoms with Gasteiger partial charge in [0, 0.05) is 6.04 Å². The van der Waals surface area contributed by atoms with Crippen LogP contribution in [0.2, 0.25) is 5.02 Å². The Morgan fingerprint density at radius 1 is 1.40 bits per heavy atom. The van der Waals surface area contributed by atoms with E-state index in [1.807, 2.05) is 7.05 Å². The van der Waals surface area contributed by atoms with Gasteiger partial charge in [0.15, 0.2) is 0 Å². The summed E-state index contributed by atoms with van der Waals surface area (Å²) in [6.45, 7) is 4.30. The van der Waals surface area contributed by atoms with Crippen LogP contribution in [-0.4, -0.2) is 13.1 Å². The number of rotatable bonds is 4. The van der Waals surface area contributed by atoms with Crippen LogP contribution < -0.4 is 5.32 Å². The van der Waals surface area contributed by atoms with Gasteiger partial charge in [0.05, 0.1) is 5.02 Å². The maximum Gasteiger partial charge on any atom is 0.141 e. The van der Waals surface area contributed by atoms with E-state index in [1.165, 1.54) is 6.07 Å². The van der Waals surface area contributed by atoms with Gasteiger partial charge in [0.1, 0.15) is 5.82 Å². The highest BCUT2D eigenvalue weighted by atomic mass is 35.5. The van der Waals surface area contributed by atoms with Crippen molar-refractivity contribution in [3.8, 4) is 0 Å². The van der Waals surface area contributed by atoms with Crippen molar-refractivity contribution in [3.05, 3.63) is 34.6 Å². The predicted molar refractivity (Wildman–Crippen MR) is 62.8 cm³/mol. The van der Waals surface area contributed by atoms with Crippen molar-refractivity contribution in [2.24, 2.45) is 5.92 Å². The minimum atomic E-state index is -0.352. The molecule has 3 heteroatoms. The van der Waals surface area contributed by atoms with Gasteiger partial charge < -0.3 is 5.32 Å². The van der Waals surface area contributed by atoms with E-state index in [2.05, 4.69) is 19.2 Å². The van der Waals surface area contributed by atoms with Crippen molar-refractivity contribution in [1.82, 2.24) is 5.32 Å². The summed E-state index contributed by atoms with van der Waals surface area (Å²) in [5.41, 5.74) is 1.08. The molecule has 0 bridgehead atoms. The lowest BCUT2D eigenvalue weighted by Crippen LogP contribution is -2.29. The lowest BCUT2D eigenvalue weighted by atomic mass is 9.95. The largest absolute Gasteiger partial charge is 0.317 e. The predicted octanol–water partition coefficient (Wildman–Crippen LogP) is 3.27. The molecule has 0 saturated heterocycles. The van der Waals surface area contributed by atoms with E-state index in [-0.39, 0.29) is 10.8 Å². The Kier molecular flexibility index (Phi) is 4.55. The first kappa shape index (κ1) is 12.5. The van der Waals surface area contributed by atoms with Crippen molar-refractivity contribution in [2.45, 2.75) is 26.3 Å². The van der Waals surface area contributed by atoms with Gasteiger partial charge in [-0.15, -0.1) is 0 Å². The van der Waals surface area contributed by atoms with Gasteiger partial charge in [-0.1, -0.05) is 24.6 Å². The summed E-state index contributed by atoms with van der Waals surface area (Å²) in [7, 11) is 1.94. The molecule has 0 saturated carbocycles. The lowest BCUT2D eigenvalue weighted by molar-refractivity contribution is 0.424. The van der Waals surface area contributed by atoms with E-state index < -0.39 is 0 Å². The first-order chi connectivity index (χ1) is 7.04. The minimum Gasteiger partial charge on any atom is -0.317 e. The van der Waals surface area contributed by atoms with E-state index in [0.717, 1.165) is 12.0 Å². The number of benzene rings is 1. The lowest BCUT2D eigenvalue weighted by Gasteiger charge is -2.19. The molecule has 0 radical (unpaired) electrons. The van der Waals surface area contributed by atoms with Crippen LogP contribution in [0.1, 0.15) is 19.4 Å². The molecule has 1 N–H and O–H groups in total. The van der Waals surface area contributed by atoms with Crippen molar-refractivity contribution in [2.75, 3.05) is 7.05 Å². The number of hydrogen-bond donors (Lipinski definition) is 1. The van der Waals surface area contributed by atoms with Crippen LogP contribution in [0.25, 0.3) is 0 Å². The molecule has 1 rings (SSSR count). The van der Waals surface area contributed by atoms with Gasteiger partial charge >= 0.3 is 0 Å². The van der Waals surface area contributed by atoms with Gasteiger partial charge in [-0.2, -0.15) is 0 Å². The molecule has 2 unspecified atom stereocenters. The highest BCUT2D eigenvalue weighted by molar-refractivity contribution is 6.30. The molecule has 1 aromatic carbocycles. The van der Waals surface area contributed by atoms with Crippen LogP contribution in [0.5, 0.6) is 0 Å². The zero-order chi connectivity index (χ0) is 11.4. The Hall–Kier alpha value is -0.600. The Morgan fingerprint density at radius 3 is 2.60 bits per heavy atom. The number of nitrogens with one attached hydrogen (secondary N) is 1. The molecule has 84 valence electrons. The quantitative estimate of drug-likeness (QED) is 0.836. The van der Waals surface area contributed by atoms with Crippen LogP contribution in [0.15, 0.2) is 18.2 Å². The molecule has 1 aromatic rings. The molecule has 1 nitrogen and oxygen atoms in total. The highest BCUT2D eigenvalue weighted by Crippen LogP contribution is 2.19. The maximum absolute atomic E-state index is 12.9. The number of halogens is 2. The molecule has 2 atom stereocenters. The zero-order valence-corrected chi connectivity index (χ0v) is 10.1. The van der Waals surface area contributed by atoms with E-state index in [4.69, 9.17) is 11.6 Å². The molecule has 0 fully saturated rings. The zero-order valence-electron chi connectivity index (χ0n) is 9.35. The normalized spacial score (nSPS) is 15.0. The van der Waals surface area contributed by atoms with Crippen LogP contribution in [-0.2, 0) is 6.42 Å².